The van der Waals surface area contributed by atoms with E-state index in [0.717, 1.165) is 17.7 Å². The van der Waals surface area contributed by atoms with E-state index in [1.54, 1.807) is 12.1 Å². The number of hydrogen-bond donors (Lipinski definition) is 3. The van der Waals surface area contributed by atoms with E-state index in [-0.39, 0.29) is 10.6 Å². The van der Waals surface area contributed by atoms with E-state index < -0.39 is 28.4 Å². The van der Waals surface area contributed by atoms with Crippen molar-refractivity contribution in [3.05, 3.63) is 53.8 Å². The molecule has 0 aliphatic rings. The van der Waals surface area contributed by atoms with Crippen molar-refractivity contribution < 1.29 is 22.9 Å². The summed E-state index contributed by atoms with van der Waals surface area (Å²) < 4.78 is 39.9. The average Bonchev–Trinajstić information content (AvgIpc) is 2.41. The molecule has 0 spiro atoms. The van der Waals surface area contributed by atoms with Gasteiger partial charge >= 0.3 is 7.12 Å². The van der Waals surface area contributed by atoms with Crippen molar-refractivity contribution in [1.29, 1.82) is 0 Å². The summed E-state index contributed by atoms with van der Waals surface area (Å²) in [7, 11) is -5.84. The first-order chi connectivity index (χ1) is 9.79. The Morgan fingerprint density at radius 1 is 1.10 bits per heavy atom. The molecule has 0 bridgehead atoms. The van der Waals surface area contributed by atoms with E-state index in [1.165, 1.54) is 18.2 Å². The molecule has 110 valence electrons. The highest BCUT2D eigenvalue weighted by atomic mass is 32.2. The Kier molecular flexibility index (Phi) is 4.31. The number of hydrogen-bond acceptors (Lipinski definition) is 4. The van der Waals surface area contributed by atoms with Gasteiger partial charge in [0, 0.05) is 11.2 Å². The van der Waals surface area contributed by atoms with Crippen LogP contribution in [0.5, 0.6) is 0 Å². The predicted molar refractivity (Wildman–Crippen MR) is 78.2 cm³/mol. The summed E-state index contributed by atoms with van der Waals surface area (Å²) in [6.07, 6.45) is 0. The summed E-state index contributed by atoms with van der Waals surface area (Å²) in [6, 6.07) is 9.40. The Morgan fingerprint density at radius 2 is 1.71 bits per heavy atom. The largest absolute Gasteiger partial charge is 0.491 e. The van der Waals surface area contributed by atoms with Gasteiger partial charge in [0.15, 0.2) is 0 Å². The number of halogens is 1. The normalized spacial score (nSPS) is 11.2. The molecular weight excluding hydrogens is 296 g/mol. The molecule has 0 saturated carbocycles. The van der Waals surface area contributed by atoms with Crippen LogP contribution in [0.2, 0.25) is 0 Å². The fourth-order valence-electron chi connectivity index (χ4n) is 1.74. The van der Waals surface area contributed by atoms with Crippen LogP contribution in [-0.2, 0) is 10.0 Å². The molecule has 0 unspecified atom stereocenters. The second-order valence-electron chi connectivity index (χ2n) is 4.53. The van der Waals surface area contributed by atoms with Gasteiger partial charge in [-0.05, 0) is 37.3 Å². The van der Waals surface area contributed by atoms with Gasteiger partial charge in [-0.2, -0.15) is 0 Å². The number of aryl methyl sites for hydroxylation is 1. The molecule has 21 heavy (non-hydrogen) atoms. The van der Waals surface area contributed by atoms with Crippen LogP contribution in [-0.4, -0.2) is 25.6 Å². The molecule has 0 heterocycles. The summed E-state index contributed by atoms with van der Waals surface area (Å²) in [5.74, 6) is -0.830. The van der Waals surface area contributed by atoms with E-state index in [2.05, 4.69) is 4.72 Å². The van der Waals surface area contributed by atoms with Gasteiger partial charge in [-0.3, -0.25) is 4.72 Å². The molecule has 8 heteroatoms. The summed E-state index contributed by atoms with van der Waals surface area (Å²) in [4.78, 5) is 0.0588. The third-order valence-corrected chi connectivity index (χ3v) is 4.25. The second kappa shape index (κ2) is 5.84. The van der Waals surface area contributed by atoms with E-state index in [4.69, 9.17) is 10.0 Å². The fraction of sp³-hybridized carbons (Fsp3) is 0.0769. The minimum Gasteiger partial charge on any atom is -0.423 e. The molecule has 2 aromatic carbocycles. The molecule has 0 fully saturated rings. The molecular formula is C13H13BFNO4S. The summed E-state index contributed by atoms with van der Waals surface area (Å²) in [5.41, 5.74) is 0.556. The average molecular weight is 309 g/mol. The van der Waals surface area contributed by atoms with Crippen LogP contribution < -0.4 is 10.2 Å². The molecule has 0 aliphatic carbocycles. The van der Waals surface area contributed by atoms with Crippen molar-refractivity contribution in [2.75, 3.05) is 4.72 Å². The Bertz CT molecular complexity index is 747. The van der Waals surface area contributed by atoms with Crippen LogP contribution in [0.25, 0.3) is 0 Å². The lowest BCUT2D eigenvalue weighted by atomic mass is 9.80. The van der Waals surface area contributed by atoms with Gasteiger partial charge in [0.1, 0.15) is 5.82 Å². The van der Waals surface area contributed by atoms with Gasteiger partial charge in [-0.15, -0.1) is 0 Å². The summed E-state index contributed by atoms with van der Waals surface area (Å²) in [5, 5.41) is 18.0. The molecule has 2 aromatic rings. The monoisotopic (exact) mass is 309 g/mol. The molecule has 0 aliphatic heterocycles. The minimum atomic E-state index is -3.82. The van der Waals surface area contributed by atoms with Crippen LogP contribution in [0.15, 0.2) is 47.4 Å². The van der Waals surface area contributed by atoms with Crippen LogP contribution in [0.4, 0.5) is 10.1 Å². The van der Waals surface area contributed by atoms with Gasteiger partial charge in [-0.25, -0.2) is 12.8 Å². The molecule has 2 rings (SSSR count). The first kappa shape index (κ1) is 15.5. The van der Waals surface area contributed by atoms with Crippen LogP contribution in [0, 0.1) is 12.7 Å². The van der Waals surface area contributed by atoms with Gasteiger partial charge in [-0.1, -0.05) is 17.7 Å². The van der Waals surface area contributed by atoms with E-state index in [1.807, 2.05) is 6.92 Å². The second-order valence-corrected chi connectivity index (χ2v) is 6.21. The minimum absolute atomic E-state index is 0.0417. The van der Waals surface area contributed by atoms with Gasteiger partial charge < -0.3 is 10.0 Å². The lowest BCUT2D eigenvalue weighted by Crippen LogP contribution is -2.33. The molecule has 5 nitrogen and oxygen atoms in total. The summed E-state index contributed by atoms with van der Waals surface area (Å²) in [6.45, 7) is 1.83. The Hall–Kier alpha value is -1.90. The zero-order valence-corrected chi connectivity index (χ0v) is 11.9. The maximum atomic E-state index is 13.3. The maximum Gasteiger partial charge on any atom is 0.491 e. The molecule has 0 atom stereocenters. The highest BCUT2D eigenvalue weighted by Gasteiger charge is 2.19. The third kappa shape index (κ3) is 3.60. The maximum absolute atomic E-state index is 13.3. The zero-order valence-electron chi connectivity index (χ0n) is 11.1. The number of sulfonamides is 1. The van der Waals surface area contributed by atoms with Crippen molar-refractivity contribution in [2.24, 2.45) is 0 Å². The zero-order chi connectivity index (χ0) is 15.6. The molecule has 0 aromatic heterocycles. The third-order valence-electron chi connectivity index (χ3n) is 2.86. The lowest BCUT2D eigenvalue weighted by Gasteiger charge is -2.10. The topological polar surface area (TPSA) is 86.6 Å². The SMILES string of the molecule is Cc1ccc(S(=O)(=O)Nc2ccc(F)c(B(O)O)c2)cc1. The van der Waals surface area contributed by atoms with E-state index >= 15 is 0 Å². The van der Waals surface area contributed by atoms with Crippen molar-refractivity contribution >= 4 is 28.3 Å². The van der Waals surface area contributed by atoms with E-state index in [9.17, 15) is 12.8 Å². The number of anilines is 1. The molecule has 0 saturated heterocycles. The van der Waals surface area contributed by atoms with Crippen LogP contribution in [0.3, 0.4) is 0 Å². The molecule has 3 N–H and O–H groups in total. The van der Waals surface area contributed by atoms with Crippen molar-refractivity contribution in [1.82, 2.24) is 0 Å². The first-order valence-corrected chi connectivity index (χ1v) is 7.53. The Balaban J connectivity index is 2.33. The van der Waals surface area contributed by atoms with Crippen LogP contribution in [0.1, 0.15) is 5.56 Å². The van der Waals surface area contributed by atoms with Crippen molar-refractivity contribution in [2.45, 2.75) is 11.8 Å². The number of rotatable bonds is 4. The lowest BCUT2D eigenvalue weighted by molar-refractivity contribution is 0.423. The molecule has 0 amide bonds. The quantitative estimate of drug-likeness (QED) is 0.723. The van der Waals surface area contributed by atoms with Crippen LogP contribution >= 0.6 is 0 Å². The first-order valence-electron chi connectivity index (χ1n) is 6.05. The highest BCUT2D eigenvalue weighted by molar-refractivity contribution is 7.92. The van der Waals surface area contributed by atoms with E-state index in [0.29, 0.717) is 0 Å². The Morgan fingerprint density at radius 3 is 2.29 bits per heavy atom. The number of benzene rings is 2. The number of nitrogens with one attached hydrogen (secondary N) is 1. The predicted octanol–water partition coefficient (Wildman–Crippen LogP) is 0.615. The standard InChI is InChI=1S/C13H13BFNO4S/c1-9-2-5-11(6-3-9)21(19,20)16-10-4-7-13(15)12(8-10)14(17)18/h2-8,16-18H,1H3. The highest BCUT2D eigenvalue weighted by Crippen LogP contribution is 2.16. The Labute approximate surface area is 122 Å². The fourth-order valence-corrected chi connectivity index (χ4v) is 2.79. The van der Waals surface area contributed by atoms with Gasteiger partial charge in [0.25, 0.3) is 10.0 Å². The smallest absolute Gasteiger partial charge is 0.423 e. The summed E-state index contributed by atoms with van der Waals surface area (Å²) >= 11 is 0. The van der Waals surface area contributed by atoms with Gasteiger partial charge in [0.2, 0.25) is 0 Å². The van der Waals surface area contributed by atoms with Crippen molar-refractivity contribution in [3.8, 4) is 0 Å². The van der Waals surface area contributed by atoms with Crippen molar-refractivity contribution in [3.63, 3.8) is 0 Å². The van der Waals surface area contributed by atoms with Gasteiger partial charge in [0.05, 0.1) is 4.90 Å². The molecule has 0 radical (unpaired) electrons.